The summed E-state index contributed by atoms with van der Waals surface area (Å²) in [7, 11) is 1.41. The van der Waals surface area contributed by atoms with Gasteiger partial charge in [-0.2, -0.15) is 0 Å². The first-order chi connectivity index (χ1) is 12.0. The van der Waals surface area contributed by atoms with Gasteiger partial charge in [-0.05, 0) is 61.8 Å². The van der Waals surface area contributed by atoms with E-state index in [9.17, 15) is 9.59 Å². The molecule has 1 N–H and O–H groups in total. The number of benzene rings is 1. The molecule has 2 aromatic rings. The minimum Gasteiger partial charge on any atom is -0.469 e. The summed E-state index contributed by atoms with van der Waals surface area (Å²) in [6, 6.07) is 5.95. The van der Waals surface area contributed by atoms with Crippen molar-refractivity contribution >= 4 is 44.4 Å². The zero-order valence-corrected chi connectivity index (χ0v) is 15.9. The molecule has 1 amide bonds. The van der Waals surface area contributed by atoms with Crippen LogP contribution in [0.15, 0.2) is 28.9 Å². The van der Waals surface area contributed by atoms with Gasteiger partial charge in [0.05, 0.1) is 13.0 Å². The summed E-state index contributed by atoms with van der Waals surface area (Å²) in [4.78, 5) is 28.5. The van der Waals surface area contributed by atoms with E-state index in [1.807, 2.05) is 25.1 Å². The second-order valence-electron chi connectivity index (χ2n) is 6.57. The molecule has 6 heteroatoms. The first-order valence-electron chi connectivity index (χ1n) is 8.42. The molecule has 0 spiro atoms. The fraction of sp³-hybridized carbons (Fsp3) is 0.421. The van der Waals surface area contributed by atoms with E-state index in [1.54, 1.807) is 6.20 Å². The topological polar surface area (TPSA) is 68.3 Å². The Balaban J connectivity index is 1.67. The normalized spacial score (nSPS) is 20.3. The van der Waals surface area contributed by atoms with Crippen molar-refractivity contribution in [2.75, 3.05) is 12.4 Å². The second-order valence-corrected chi connectivity index (χ2v) is 7.49. The number of amides is 1. The number of aryl methyl sites for hydroxylation is 1. The molecule has 0 aliphatic heterocycles. The highest BCUT2D eigenvalue weighted by Gasteiger charge is 2.30. The summed E-state index contributed by atoms with van der Waals surface area (Å²) in [5.74, 6) is 0.207. The summed E-state index contributed by atoms with van der Waals surface area (Å²) in [6.07, 6.45) is 4.58. The number of ether oxygens (including phenoxy) is 1. The maximum atomic E-state index is 12.5. The smallest absolute Gasteiger partial charge is 0.308 e. The Morgan fingerprint density at radius 3 is 2.52 bits per heavy atom. The van der Waals surface area contributed by atoms with Gasteiger partial charge in [0.15, 0.2) is 0 Å². The number of methoxy groups -OCH3 is 1. The molecule has 3 rings (SSSR count). The van der Waals surface area contributed by atoms with Gasteiger partial charge in [-0.15, -0.1) is 0 Å². The van der Waals surface area contributed by atoms with Gasteiger partial charge in [-0.3, -0.25) is 9.59 Å². The van der Waals surface area contributed by atoms with Crippen LogP contribution in [-0.2, 0) is 14.3 Å². The first-order valence-corrected chi connectivity index (χ1v) is 9.22. The highest BCUT2D eigenvalue weighted by molar-refractivity contribution is 9.10. The second kappa shape index (κ2) is 7.52. The van der Waals surface area contributed by atoms with Crippen molar-refractivity contribution in [3.8, 4) is 0 Å². The Hall–Kier alpha value is -1.95. The van der Waals surface area contributed by atoms with Gasteiger partial charge >= 0.3 is 5.97 Å². The van der Waals surface area contributed by atoms with Gasteiger partial charge in [-0.25, -0.2) is 4.98 Å². The van der Waals surface area contributed by atoms with E-state index < -0.39 is 0 Å². The van der Waals surface area contributed by atoms with Crippen LogP contribution in [-0.4, -0.2) is 24.0 Å². The molecule has 0 saturated heterocycles. The van der Waals surface area contributed by atoms with Crippen LogP contribution in [0.3, 0.4) is 0 Å². The molecular formula is C19H21BrN2O3. The molecule has 1 aliphatic carbocycles. The number of fused-ring (bicyclic) bond motifs is 1. The molecule has 1 fully saturated rings. The van der Waals surface area contributed by atoms with E-state index in [1.165, 1.54) is 7.11 Å². The fourth-order valence-electron chi connectivity index (χ4n) is 3.45. The lowest BCUT2D eigenvalue weighted by molar-refractivity contribution is -0.147. The third-order valence-electron chi connectivity index (χ3n) is 4.89. The number of hydrogen-bond acceptors (Lipinski definition) is 4. The van der Waals surface area contributed by atoms with Crippen LogP contribution in [0.2, 0.25) is 0 Å². The van der Waals surface area contributed by atoms with Crippen molar-refractivity contribution in [1.29, 1.82) is 0 Å². The maximum Gasteiger partial charge on any atom is 0.308 e. The summed E-state index contributed by atoms with van der Waals surface area (Å²) < 4.78 is 5.79. The highest BCUT2D eigenvalue weighted by Crippen LogP contribution is 2.31. The van der Waals surface area contributed by atoms with Crippen LogP contribution in [0.25, 0.3) is 10.8 Å². The quantitative estimate of drug-likeness (QED) is 0.777. The van der Waals surface area contributed by atoms with Crippen molar-refractivity contribution in [3.05, 3.63) is 34.4 Å². The Bertz CT molecular complexity index is 814. The van der Waals surface area contributed by atoms with E-state index >= 15 is 0 Å². The Kier molecular flexibility index (Phi) is 5.37. The van der Waals surface area contributed by atoms with Crippen molar-refractivity contribution in [2.45, 2.75) is 32.6 Å². The molecule has 1 heterocycles. The first kappa shape index (κ1) is 17.9. The number of hydrogen-bond donors (Lipinski definition) is 1. The number of carbonyl (C=O) groups is 2. The SMILES string of the molecule is COC(=O)C1CCC(C(=O)Nc2cc3cc(Br)cc(C)c3cn2)CC1. The number of aromatic nitrogens is 1. The summed E-state index contributed by atoms with van der Waals surface area (Å²) in [6.45, 7) is 2.03. The third-order valence-corrected chi connectivity index (χ3v) is 5.35. The standard InChI is InChI=1S/C19H21BrN2O3/c1-11-7-15(20)8-14-9-17(21-10-16(11)14)22-18(23)12-3-5-13(6-4-12)19(24)25-2/h7-10,12-13H,3-6H2,1-2H3,(H,21,22,23). The van der Waals surface area contributed by atoms with Gasteiger partial charge < -0.3 is 10.1 Å². The van der Waals surface area contributed by atoms with Gasteiger partial charge in [0.25, 0.3) is 0 Å². The van der Waals surface area contributed by atoms with E-state index in [2.05, 4.69) is 26.2 Å². The van der Waals surface area contributed by atoms with E-state index in [0.29, 0.717) is 31.5 Å². The number of pyridine rings is 1. The predicted octanol–water partition coefficient (Wildman–Crippen LogP) is 4.22. The van der Waals surface area contributed by atoms with E-state index in [4.69, 9.17) is 4.74 Å². The molecule has 5 nitrogen and oxygen atoms in total. The lowest BCUT2D eigenvalue weighted by atomic mass is 9.81. The lowest BCUT2D eigenvalue weighted by Crippen LogP contribution is -2.30. The van der Waals surface area contributed by atoms with Crippen LogP contribution < -0.4 is 5.32 Å². The number of anilines is 1. The summed E-state index contributed by atoms with van der Waals surface area (Å²) in [5.41, 5.74) is 1.14. The Morgan fingerprint density at radius 2 is 1.84 bits per heavy atom. The maximum absolute atomic E-state index is 12.5. The van der Waals surface area contributed by atoms with Crippen molar-refractivity contribution in [1.82, 2.24) is 4.98 Å². The van der Waals surface area contributed by atoms with Crippen LogP contribution in [0.1, 0.15) is 31.2 Å². The average Bonchev–Trinajstić information content (AvgIpc) is 2.60. The molecule has 0 bridgehead atoms. The largest absolute Gasteiger partial charge is 0.469 e. The summed E-state index contributed by atoms with van der Waals surface area (Å²) in [5, 5.41) is 5.02. The summed E-state index contributed by atoms with van der Waals surface area (Å²) >= 11 is 3.50. The van der Waals surface area contributed by atoms with Crippen LogP contribution in [0.5, 0.6) is 0 Å². The fourth-order valence-corrected chi connectivity index (χ4v) is 4.04. The zero-order chi connectivity index (χ0) is 18.0. The molecule has 1 aromatic carbocycles. The number of nitrogens with zero attached hydrogens (tertiary/aromatic N) is 1. The molecule has 25 heavy (non-hydrogen) atoms. The van der Waals surface area contributed by atoms with Crippen LogP contribution >= 0.6 is 15.9 Å². The Morgan fingerprint density at radius 1 is 1.16 bits per heavy atom. The molecular weight excluding hydrogens is 384 g/mol. The van der Waals surface area contributed by atoms with Crippen LogP contribution in [0.4, 0.5) is 5.82 Å². The molecule has 0 unspecified atom stereocenters. The van der Waals surface area contributed by atoms with Crippen molar-refractivity contribution in [3.63, 3.8) is 0 Å². The van der Waals surface area contributed by atoms with Gasteiger partial charge in [0.1, 0.15) is 5.82 Å². The van der Waals surface area contributed by atoms with Crippen molar-refractivity contribution in [2.24, 2.45) is 11.8 Å². The molecule has 132 valence electrons. The number of halogens is 1. The molecule has 1 aromatic heterocycles. The third kappa shape index (κ3) is 4.00. The number of rotatable bonds is 3. The molecule has 1 aliphatic rings. The van der Waals surface area contributed by atoms with Gasteiger partial charge in [0.2, 0.25) is 5.91 Å². The monoisotopic (exact) mass is 404 g/mol. The highest BCUT2D eigenvalue weighted by atomic mass is 79.9. The van der Waals surface area contributed by atoms with Gasteiger partial charge in [0, 0.05) is 22.0 Å². The Labute approximate surface area is 155 Å². The predicted molar refractivity (Wildman–Crippen MR) is 100 cm³/mol. The zero-order valence-electron chi connectivity index (χ0n) is 14.3. The molecule has 0 radical (unpaired) electrons. The van der Waals surface area contributed by atoms with Gasteiger partial charge in [-0.1, -0.05) is 15.9 Å². The minimum atomic E-state index is -0.170. The average molecular weight is 405 g/mol. The number of esters is 1. The van der Waals surface area contributed by atoms with Crippen LogP contribution in [0, 0.1) is 18.8 Å². The van der Waals surface area contributed by atoms with Crippen molar-refractivity contribution < 1.29 is 14.3 Å². The molecule has 1 saturated carbocycles. The minimum absolute atomic E-state index is 0.0260. The van der Waals surface area contributed by atoms with E-state index in [-0.39, 0.29) is 23.7 Å². The number of nitrogens with one attached hydrogen (secondary N) is 1. The molecule has 0 atom stereocenters. The van der Waals surface area contributed by atoms with E-state index in [0.717, 1.165) is 20.8 Å². The lowest BCUT2D eigenvalue weighted by Gasteiger charge is -2.25. The number of carbonyl (C=O) groups excluding carboxylic acids is 2.